The van der Waals surface area contributed by atoms with Crippen LogP contribution >= 0.6 is 11.3 Å². The van der Waals surface area contributed by atoms with E-state index in [0.717, 1.165) is 6.42 Å². The zero-order valence-corrected chi connectivity index (χ0v) is 13.1. The molecular formula is C17H23NS. The second-order valence-electron chi connectivity index (χ2n) is 6.05. The maximum Gasteiger partial charge on any atom is 0.0358 e. The Morgan fingerprint density at radius 3 is 2.26 bits per heavy atom. The summed E-state index contributed by atoms with van der Waals surface area (Å²) in [6.07, 6.45) is 1.05. The van der Waals surface area contributed by atoms with Gasteiger partial charge in [-0.1, -0.05) is 45.0 Å². The lowest BCUT2D eigenvalue weighted by Crippen LogP contribution is -2.19. The molecular weight excluding hydrogens is 250 g/mol. The Balaban J connectivity index is 2.15. The standard InChI is InChI=1S/C17H23NS/c1-17(2,3)15-7-5-14(6-8-15)16(18-4)11-13-9-10-19-12-13/h5-10,12,16,18H,11H2,1-4H3. The Hall–Kier alpha value is -1.12. The molecule has 1 aromatic carbocycles. The van der Waals surface area contributed by atoms with Crippen molar-refractivity contribution in [1.82, 2.24) is 5.32 Å². The maximum atomic E-state index is 3.42. The predicted octanol–water partition coefficient (Wildman–Crippen LogP) is 4.55. The molecule has 1 unspecified atom stereocenters. The quantitative estimate of drug-likeness (QED) is 0.862. The monoisotopic (exact) mass is 273 g/mol. The molecule has 0 amide bonds. The van der Waals surface area contributed by atoms with E-state index in [1.54, 1.807) is 11.3 Å². The minimum Gasteiger partial charge on any atom is -0.313 e. The largest absolute Gasteiger partial charge is 0.313 e. The molecule has 0 saturated heterocycles. The summed E-state index contributed by atoms with van der Waals surface area (Å²) < 4.78 is 0. The van der Waals surface area contributed by atoms with Gasteiger partial charge in [-0.25, -0.2) is 0 Å². The molecule has 0 aliphatic heterocycles. The highest BCUT2D eigenvalue weighted by Crippen LogP contribution is 2.25. The van der Waals surface area contributed by atoms with Crippen LogP contribution in [0.4, 0.5) is 0 Å². The average molecular weight is 273 g/mol. The van der Waals surface area contributed by atoms with Crippen molar-refractivity contribution < 1.29 is 0 Å². The van der Waals surface area contributed by atoms with Gasteiger partial charge < -0.3 is 5.32 Å². The van der Waals surface area contributed by atoms with E-state index in [0.29, 0.717) is 6.04 Å². The summed E-state index contributed by atoms with van der Waals surface area (Å²) in [6, 6.07) is 11.6. The minimum absolute atomic E-state index is 0.223. The SMILES string of the molecule is CNC(Cc1ccsc1)c1ccc(C(C)(C)C)cc1. The van der Waals surface area contributed by atoms with Gasteiger partial charge in [0.2, 0.25) is 0 Å². The number of benzene rings is 1. The van der Waals surface area contributed by atoms with Crippen molar-refractivity contribution in [3.8, 4) is 0 Å². The summed E-state index contributed by atoms with van der Waals surface area (Å²) >= 11 is 1.77. The molecule has 1 aromatic heterocycles. The highest BCUT2D eigenvalue weighted by atomic mass is 32.1. The van der Waals surface area contributed by atoms with E-state index in [1.165, 1.54) is 16.7 Å². The second-order valence-corrected chi connectivity index (χ2v) is 6.83. The van der Waals surface area contributed by atoms with Gasteiger partial charge >= 0.3 is 0 Å². The van der Waals surface area contributed by atoms with Gasteiger partial charge in [0.05, 0.1) is 0 Å². The van der Waals surface area contributed by atoms with E-state index in [-0.39, 0.29) is 5.41 Å². The Morgan fingerprint density at radius 1 is 1.11 bits per heavy atom. The molecule has 0 saturated carbocycles. The Labute approximate surface area is 120 Å². The highest BCUT2D eigenvalue weighted by molar-refractivity contribution is 7.07. The van der Waals surface area contributed by atoms with Gasteiger partial charge in [0, 0.05) is 6.04 Å². The summed E-state index contributed by atoms with van der Waals surface area (Å²) in [5, 5.41) is 7.79. The average Bonchev–Trinajstić information content (AvgIpc) is 2.88. The van der Waals surface area contributed by atoms with E-state index < -0.39 is 0 Å². The lowest BCUT2D eigenvalue weighted by atomic mass is 9.86. The fraction of sp³-hybridized carbons (Fsp3) is 0.412. The van der Waals surface area contributed by atoms with Gasteiger partial charge in [0.15, 0.2) is 0 Å². The van der Waals surface area contributed by atoms with Gasteiger partial charge in [0.25, 0.3) is 0 Å². The summed E-state index contributed by atoms with van der Waals surface area (Å²) in [6.45, 7) is 6.76. The van der Waals surface area contributed by atoms with E-state index >= 15 is 0 Å². The predicted molar refractivity (Wildman–Crippen MR) is 85.0 cm³/mol. The van der Waals surface area contributed by atoms with Crippen molar-refractivity contribution in [2.24, 2.45) is 0 Å². The van der Waals surface area contributed by atoms with Crippen LogP contribution in [0, 0.1) is 0 Å². The number of hydrogen-bond acceptors (Lipinski definition) is 2. The van der Waals surface area contributed by atoms with Crippen LogP contribution in [0.15, 0.2) is 41.1 Å². The minimum atomic E-state index is 0.223. The van der Waals surface area contributed by atoms with E-state index in [2.05, 4.69) is 67.2 Å². The number of thiophene rings is 1. The van der Waals surface area contributed by atoms with E-state index in [1.807, 2.05) is 7.05 Å². The summed E-state index contributed by atoms with van der Waals surface area (Å²) in [5.74, 6) is 0. The van der Waals surface area contributed by atoms with Gasteiger partial charge in [-0.2, -0.15) is 11.3 Å². The zero-order valence-electron chi connectivity index (χ0n) is 12.2. The third-order valence-corrected chi connectivity index (χ3v) is 4.28. The summed E-state index contributed by atoms with van der Waals surface area (Å²) in [7, 11) is 2.04. The number of likely N-dealkylation sites (N-methyl/N-ethyl adjacent to an activating group) is 1. The van der Waals surface area contributed by atoms with Crippen molar-refractivity contribution in [3.05, 3.63) is 57.8 Å². The molecule has 2 aromatic rings. The molecule has 0 aliphatic carbocycles. The lowest BCUT2D eigenvalue weighted by Gasteiger charge is -2.21. The molecule has 2 rings (SSSR count). The molecule has 1 N–H and O–H groups in total. The first kappa shape index (κ1) is 14.3. The Morgan fingerprint density at radius 2 is 1.79 bits per heavy atom. The second kappa shape index (κ2) is 5.89. The van der Waals surface area contributed by atoms with Crippen LogP contribution in [0.1, 0.15) is 43.5 Å². The van der Waals surface area contributed by atoms with E-state index in [4.69, 9.17) is 0 Å². The van der Waals surface area contributed by atoms with Crippen LogP contribution in [0.3, 0.4) is 0 Å². The van der Waals surface area contributed by atoms with Gasteiger partial charge in [-0.3, -0.25) is 0 Å². The summed E-state index contributed by atoms with van der Waals surface area (Å²) in [4.78, 5) is 0. The normalized spacial score (nSPS) is 13.5. The van der Waals surface area contributed by atoms with Crippen LogP contribution in [-0.4, -0.2) is 7.05 Å². The molecule has 0 fully saturated rings. The van der Waals surface area contributed by atoms with Crippen LogP contribution in [0.2, 0.25) is 0 Å². The Kier molecular flexibility index (Phi) is 4.43. The Bertz CT molecular complexity index is 491. The molecule has 0 radical (unpaired) electrons. The summed E-state index contributed by atoms with van der Waals surface area (Å²) in [5.41, 5.74) is 4.38. The number of hydrogen-bond donors (Lipinski definition) is 1. The zero-order chi connectivity index (χ0) is 13.9. The fourth-order valence-corrected chi connectivity index (χ4v) is 2.93. The van der Waals surface area contributed by atoms with Crippen molar-refractivity contribution in [3.63, 3.8) is 0 Å². The fourth-order valence-electron chi connectivity index (χ4n) is 2.25. The lowest BCUT2D eigenvalue weighted by molar-refractivity contribution is 0.580. The van der Waals surface area contributed by atoms with Gasteiger partial charge in [-0.05, 0) is 52.4 Å². The first-order chi connectivity index (χ1) is 9.00. The van der Waals surface area contributed by atoms with Gasteiger partial charge in [0.1, 0.15) is 0 Å². The van der Waals surface area contributed by atoms with Crippen LogP contribution in [0.25, 0.3) is 0 Å². The highest BCUT2D eigenvalue weighted by Gasteiger charge is 2.15. The molecule has 2 heteroatoms. The maximum absolute atomic E-state index is 3.42. The van der Waals surface area contributed by atoms with Crippen molar-refractivity contribution in [2.75, 3.05) is 7.05 Å². The third kappa shape index (κ3) is 3.68. The number of rotatable bonds is 4. The molecule has 0 bridgehead atoms. The number of nitrogens with one attached hydrogen (secondary N) is 1. The molecule has 19 heavy (non-hydrogen) atoms. The third-order valence-electron chi connectivity index (χ3n) is 3.55. The van der Waals surface area contributed by atoms with Crippen molar-refractivity contribution in [1.29, 1.82) is 0 Å². The van der Waals surface area contributed by atoms with Crippen LogP contribution in [-0.2, 0) is 11.8 Å². The molecule has 0 spiro atoms. The first-order valence-electron chi connectivity index (χ1n) is 6.79. The molecule has 0 aliphatic rings. The van der Waals surface area contributed by atoms with Crippen molar-refractivity contribution in [2.45, 2.75) is 38.6 Å². The first-order valence-corrected chi connectivity index (χ1v) is 7.74. The smallest absolute Gasteiger partial charge is 0.0358 e. The van der Waals surface area contributed by atoms with Crippen molar-refractivity contribution >= 4 is 11.3 Å². The molecule has 1 atom stereocenters. The van der Waals surface area contributed by atoms with Crippen LogP contribution < -0.4 is 5.32 Å². The van der Waals surface area contributed by atoms with Gasteiger partial charge in [-0.15, -0.1) is 0 Å². The molecule has 1 heterocycles. The molecule has 102 valence electrons. The van der Waals surface area contributed by atoms with E-state index in [9.17, 15) is 0 Å². The molecule has 1 nitrogen and oxygen atoms in total. The van der Waals surface area contributed by atoms with Crippen LogP contribution in [0.5, 0.6) is 0 Å². The topological polar surface area (TPSA) is 12.0 Å².